The molecule has 0 spiro atoms. The smallest absolute Gasteiger partial charge is 0.289 e. The minimum absolute atomic E-state index is 0. The molecule has 3 rings (SSSR count). The quantitative estimate of drug-likeness (QED) is 0.233. The van der Waals surface area contributed by atoms with Gasteiger partial charge in [-0.25, -0.2) is 0 Å². The van der Waals surface area contributed by atoms with E-state index >= 15 is 0 Å². The summed E-state index contributed by atoms with van der Waals surface area (Å²) in [7, 11) is 0. The van der Waals surface area contributed by atoms with Gasteiger partial charge in [-0.2, -0.15) is 0 Å². The first-order valence-corrected chi connectivity index (χ1v) is 10.2. The van der Waals surface area contributed by atoms with E-state index in [1.807, 2.05) is 24.0 Å². The van der Waals surface area contributed by atoms with E-state index in [1.165, 1.54) is 6.26 Å². The number of nitrogens with zero attached hydrogens (tertiary/aromatic N) is 3. The Morgan fingerprint density at radius 2 is 1.87 bits per heavy atom. The van der Waals surface area contributed by atoms with Gasteiger partial charge < -0.3 is 28.7 Å². The molecule has 0 unspecified atom stereocenters. The molecule has 1 fully saturated rings. The SMILES string of the molecule is CCOCCCN=C(NCCc1ccco1)N1CCN(C(=O)c2ccco2)CC1.I. The van der Waals surface area contributed by atoms with Crippen LogP contribution in [0.1, 0.15) is 29.7 Å². The summed E-state index contributed by atoms with van der Waals surface area (Å²) < 4.78 is 16.0. The Labute approximate surface area is 194 Å². The second kappa shape index (κ2) is 13.3. The predicted octanol–water partition coefficient (Wildman–Crippen LogP) is 2.86. The number of carbonyl (C=O) groups is 1. The van der Waals surface area contributed by atoms with Crippen LogP contribution in [0, 0.1) is 0 Å². The van der Waals surface area contributed by atoms with Crippen molar-refractivity contribution in [2.75, 3.05) is 52.5 Å². The molecule has 0 radical (unpaired) electrons. The van der Waals surface area contributed by atoms with Crippen LogP contribution in [0.25, 0.3) is 0 Å². The van der Waals surface area contributed by atoms with Crippen LogP contribution in [0.3, 0.4) is 0 Å². The molecule has 3 heterocycles. The van der Waals surface area contributed by atoms with Gasteiger partial charge in [-0.1, -0.05) is 0 Å². The zero-order valence-electron chi connectivity index (χ0n) is 17.4. The van der Waals surface area contributed by atoms with Gasteiger partial charge >= 0.3 is 0 Å². The highest BCUT2D eigenvalue weighted by atomic mass is 127. The zero-order valence-corrected chi connectivity index (χ0v) is 19.7. The number of furan rings is 2. The van der Waals surface area contributed by atoms with E-state index in [4.69, 9.17) is 18.6 Å². The summed E-state index contributed by atoms with van der Waals surface area (Å²) in [5.74, 6) is 2.15. The standard InChI is InChI=1S/C21H30N4O4.HI/c1-2-27-15-5-9-22-21(23-10-8-18-6-3-16-28-18)25-13-11-24(12-14-25)20(26)19-7-4-17-29-19;/h3-4,6-7,16-17H,2,5,8-15H2,1H3,(H,22,23);1H. The monoisotopic (exact) mass is 530 g/mol. The Bertz CT molecular complexity index is 741. The summed E-state index contributed by atoms with van der Waals surface area (Å²) in [6, 6.07) is 7.31. The summed E-state index contributed by atoms with van der Waals surface area (Å²) >= 11 is 0. The number of carbonyl (C=O) groups excluding carboxylic acids is 1. The molecular weight excluding hydrogens is 499 g/mol. The second-order valence-electron chi connectivity index (χ2n) is 6.77. The maximum atomic E-state index is 12.5. The fourth-order valence-electron chi connectivity index (χ4n) is 3.19. The summed E-state index contributed by atoms with van der Waals surface area (Å²) in [6.45, 7) is 7.60. The molecule has 166 valence electrons. The zero-order chi connectivity index (χ0) is 20.3. The molecule has 0 aromatic carbocycles. The van der Waals surface area contributed by atoms with E-state index in [1.54, 1.807) is 18.4 Å². The Morgan fingerprint density at radius 1 is 1.13 bits per heavy atom. The molecule has 2 aromatic heterocycles. The Hall–Kier alpha value is -2.01. The van der Waals surface area contributed by atoms with Gasteiger partial charge in [0.15, 0.2) is 11.7 Å². The highest BCUT2D eigenvalue weighted by Crippen LogP contribution is 2.10. The molecule has 8 nitrogen and oxygen atoms in total. The van der Waals surface area contributed by atoms with Gasteiger partial charge in [-0.05, 0) is 37.6 Å². The molecule has 2 aromatic rings. The van der Waals surface area contributed by atoms with Crippen molar-refractivity contribution in [2.45, 2.75) is 19.8 Å². The lowest BCUT2D eigenvalue weighted by Gasteiger charge is -2.36. The third-order valence-corrected chi connectivity index (χ3v) is 4.75. The second-order valence-corrected chi connectivity index (χ2v) is 6.77. The number of piperazine rings is 1. The van der Waals surface area contributed by atoms with Crippen molar-refractivity contribution < 1.29 is 18.4 Å². The van der Waals surface area contributed by atoms with Gasteiger partial charge in [0, 0.05) is 58.9 Å². The van der Waals surface area contributed by atoms with E-state index in [9.17, 15) is 4.79 Å². The average molecular weight is 530 g/mol. The van der Waals surface area contributed by atoms with Crippen molar-refractivity contribution in [3.63, 3.8) is 0 Å². The molecule has 0 aliphatic carbocycles. The summed E-state index contributed by atoms with van der Waals surface area (Å²) in [6.07, 6.45) is 4.89. The first-order chi connectivity index (χ1) is 14.3. The molecule has 0 saturated carbocycles. The fourth-order valence-corrected chi connectivity index (χ4v) is 3.19. The van der Waals surface area contributed by atoms with Crippen molar-refractivity contribution in [1.29, 1.82) is 0 Å². The van der Waals surface area contributed by atoms with E-state index in [2.05, 4.69) is 10.2 Å². The molecule has 9 heteroatoms. The number of guanidine groups is 1. The average Bonchev–Trinajstić information content (AvgIpc) is 3.46. The number of halogens is 1. The first kappa shape index (κ1) is 24.3. The lowest BCUT2D eigenvalue weighted by molar-refractivity contribution is 0.0657. The Kier molecular flexibility index (Phi) is 10.8. The molecule has 0 atom stereocenters. The summed E-state index contributed by atoms with van der Waals surface area (Å²) in [4.78, 5) is 21.2. The molecule has 1 aliphatic rings. The Morgan fingerprint density at radius 3 is 2.53 bits per heavy atom. The fraction of sp³-hybridized carbons (Fsp3) is 0.524. The molecule has 1 saturated heterocycles. The highest BCUT2D eigenvalue weighted by Gasteiger charge is 2.25. The number of nitrogens with one attached hydrogen (secondary N) is 1. The van der Waals surface area contributed by atoms with Crippen LogP contribution in [0.4, 0.5) is 0 Å². The number of hydrogen-bond donors (Lipinski definition) is 1. The lowest BCUT2D eigenvalue weighted by atomic mass is 10.3. The van der Waals surface area contributed by atoms with Crippen molar-refractivity contribution in [1.82, 2.24) is 15.1 Å². The summed E-state index contributed by atoms with van der Waals surface area (Å²) in [5.41, 5.74) is 0. The van der Waals surface area contributed by atoms with Crippen molar-refractivity contribution in [3.05, 3.63) is 48.3 Å². The first-order valence-electron chi connectivity index (χ1n) is 10.2. The van der Waals surface area contributed by atoms with Gasteiger partial charge in [0.1, 0.15) is 5.76 Å². The minimum Gasteiger partial charge on any atom is -0.469 e. The molecule has 1 N–H and O–H groups in total. The number of amides is 1. The van der Waals surface area contributed by atoms with E-state index in [-0.39, 0.29) is 29.9 Å². The largest absolute Gasteiger partial charge is 0.469 e. The predicted molar refractivity (Wildman–Crippen MR) is 125 cm³/mol. The normalized spacial score (nSPS) is 14.5. The van der Waals surface area contributed by atoms with Gasteiger partial charge in [0.2, 0.25) is 0 Å². The van der Waals surface area contributed by atoms with Gasteiger partial charge in [0.05, 0.1) is 12.5 Å². The topological polar surface area (TPSA) is 83.5 Å². The van der Waals surface area contributed by atoms with Gasteiger partial charge in [-0.3, -0.25) is 9.79 Å². The molecule has 0 bridgehead atoms. The Balaban J connectivity index is 0.00000320. The van der Waals surface area contributed by atoms with E-state index in [0.29, 0.717) is 32.0 Å². The number of rotatable bonds is 9. The van der Waals surface area contributed by atoms with Crippen LogP contribution in [0.5, 0.6) is 0 Å². The van der Waals surface area contributed by atoms with Gasteiger partial charge in [0.25, 0.3) is 5.91 Å². The van der Waals surface area contributed by atoms with Crippen LogP contribution in [-0.4, -0.2) is 74.1 Å². The van der Waals surface area contributed by atoms with Crippen LogP contribution in [-0.2, 0) is 11.2 Å². The van der Waals surface area contributed by atoms with E-state index in [0.717, 1.165) is 50.8 Å². The highest BCUT2D eigenvalue weighted by molar-refractivity contribution is 14.0. The summed E-state index contributed by atoms with van der Waals surface area (Å²) in [5, 5.41) is 3.44. The maximum absolute atomic E-state index is 12.5. The van der Waals surface area contributed by atoms with Gasteiger partial charge in [-0.15, -0.1) is 24.0 Å². The van der Waals surface area contributed by atoms with Crippen LogP contribution in [0.15, 0.2) is 50.6 Å². The lowest BCUT2D eigenvalue weighted by Crippen LogP contribution is -2.54. The maximum Gasteiger partial charge on any atom is 0.289 e. The van der Waals surface area contributed by atoms with E-state index < -0.39 is 0 Å². The van der Waals surface area contributed by atoms with Crippen LogP contribution >= 0.6 is 24.0 Å². The molecular formula is C21H31IN4O4. The third kappa shape index (κ3) is 7.35. The van der Waals surface area contributed by atoms with Crippen molar-refractivity contribution in [3.8, 4) is 0 Å². The molecule has 1 aliphatic heterocycles. The van der Waals surface area contributed by atoms with Crippen LogP contribution in [0.2, 0.25) is 0 Å². The third-order valence-electron chi connectivity index (χ3n) is 4.75. The number of ether oxygens (including phenoxy) is 1. The van der Waals surface area contributed by atoms with Crippen molar-refractivity contribution >= 4 is 35.8 Å². The van der Waals surface area contributed by atoms with Crippen LogP contribution < -0.4 is 5.32 Å². The minimum atomic E-state index is -0.0596. The number of aliphatic imine (C=N–C) groups is 1. The molecule has 30 heavy (non-hydrogen) atoms. The van der Waals surface area contributed by atoms with Crippen molar-refractivity contribution in [2.24, 2.45) is 4.99 Å². The number of hydrogen-bond acceptors (Lipinski definition) is 5. The molecule has 1 amide bonds.